The molecule has 0 bridgehead atoms. The summed E-state index contributed by atoms with van der Waals surface area (Å²) < 4.78 is 21.7. The number of methoxy groups -OCH3 is 2. The molecule has 0 aromatic heterocycles. The predicted octanol–water partition coefficient (Wildman–Crippen LogP) is 3.72. The van der Waals surface area contributed by atoms with Crippen LogP contribution in [0.4, 0.5) is 0 Å². The van der Waals surface area contributed by atoms with Crippen LogP contribution in [0.1, 0.15) is 22.8 Å². The van der Waals surface area contributed by atoms with Crippen LogP contribution in [-0.4, -0.2) is 26.6 Å². The van der Waals surface area contributed by atoms with Crippen LogP contribution >= 0.6 is 0 Å². The molecule has 24 heavy (non-hydrogen) atoms. The van der Waals surface area contributed by atoms with Gasteiger partial charge >= 0.3 is 0 Å². The van der Waals surface area contributed by atoms with Gasteiger partial charge in [0.15, 0.2) is 5.76 Å². The lowest BCUT2D eigenvalue weighted by atomic mass is 10.1. The Labute approximate surface area is 140 Å². The van der Waals surface area contributed by atoms with Crippen LogP contribution in [0, 0.1) is 0 Å². The van der Waals surface area contributed by atoms with Gasteiger partial charge in [0.2, 0.25) is 5.78 Å². The van der Waals surface area contributed by atoms with E-state index >= 15 is 0 Å². The minimum atomic E-state index is -0.169. The molecule has 2 aromatic rings. The van der Waals surface area contributed by atoms with E-state index in [1.165, 1.54) is 0 Å². The van der Waals surface area contributed by atoms with E-state index in [-0.39, 0.29) is 11.5 Å². The standard InChI is InChI=1S/C19H18O5/c1-4-23-14-5-7-15-17(11-14)24-18(19(15)20)10-12-9-13(21-2)6-8-16(12)22-3/h5-11H,4H2,1-3H3/b18-10+. The Bertz CT molecular complexity index is 807. The van der Waals surface area contributed by atoms with Crippen molar-refractivity contribution in [1.82, 2.24) is 0 Å². The Morgan fingerprint density at radius 2 is 1.83 bits per heavy atom. The molecule has 1 aliphatic rings. The highest BCUT2D eigenvalue weighted by Crippen LogP contribution is 2.36. The molecule has 0 spiro atoms. The number of carbonyl (C=O) groups is 1. The molecule has 0 atom stereocenters. The van der Waals surface area contributed by atoms with Gasteiger partial charge in [-0.1, -0.05) is 0 Å². The largest absolute Gasteiger partial charge is 0.497 e. The van der Waals surface area contributed by atoms with Gasteiger partial charge in [0.05, 0.1) is 26.4 Å². The quantitative estimate of drug-likeness (QED) is 0.784. The summed E-state index contributed by atoms with van der Waals surface area (Å²) in [6, 6.07) is 10.6. The van der Waals surface area contributed by atoms with Gasteiger partial charge in [0, 0.05) is 11.6 Å². The summed E-state index contributed by atoms with van der Waals surface area (Å²) in [7, 11) is 3.16. The Morgan fingerprint density at radius 3 is 2.54 bits per heavy atom. The van der Waals surface area contributed by atoms with Crippen molar-refractivity contribution in [3.63, 3.8) is 0 Å². The number of carbonyl (C=O) groups excluding carboxylic acids is 1. The molecule has 0 fully saturated rings. The van der Waals surface area contributed by atoms with Crippen molar-refractivity contribution in [2.45, 2.75) is 6.92 Å². The lowest BCUT2D eigenvalue weighted by molar-refractivity contribution is 0.101. The maximum atomic E-state index is 12.5. The summed E-state index contributed by atoms with van der Waals surface area (Å²) >= 11 is 0. The lowest BCUT2D eigenvalue weighted by Gasteiger charge is -2.08. The topological polar surface area (TPSA) is 54.0 Å². The fraction of sp³-hybridized carbons (Fsp3) is 0.211. The number of hydrogen-bond donors (Lipinski definition) is 0. The summed E-state index contributed by atoms with van der Waals surface area (Å²) in [5.74, 6) is 2.54. The van der Waals surface area contributed by atoms with Crippen molar-refractivity contribution in [2.75, 3.05) is 20.8 Å². The van der Waals surface area contributed by atoms with Crippen molar-refractivity contribution in [3.8, 4) is 23.0 Å². The SMILES string of the molecule is CCOc1ccc2c(c1)O/C(=C/c1cc(OC)ccc1OC)C2=O. The molecular formula is C19H18O5. The Balaban J connectivity index is 1.96. The highest BCUT2D eigenvalue weighted by molar-refractivity contribution is 6.14. The zero-order chi connectivity index (χ0) is 17.1. The van der Waals surface area contributed by atoms with Crippen LogP contribution in [0.2, 0.25) is 0 Å². The highest BCUT2D eigenvalue weighted by atomic mass is 16.5. The summed E-state index contributed by atoms with van der Waals surface area (Å²) in [5, 5.41) is 0. The van der Waals surface area contributed by atoms with Crippen molar-refractivity contribution >= 4 is 11.9 Å². The van der Waals surface area contributed by atoms with Gasteiger partial charge in [-0.2, -0.15) is 0 Å². The van der Waals surface area contributed by atoms with Crippen LogP contribution in [0.5, 0.6) is 23.0 Å². The van der Waals surface area contributed by atoms with Crippen molar-refractivity contribution in [2.24, 2.45) is 0 Å². The molecule has 5 nitrogen and oxygen atoms in total. The molecule has 3 rings (SSSR count). The molecule has 0 radical (unpaired) electrons. The van der Waals surface area contributed by atoms with E-state index in [1.54, 1.807) is 56.7 Å². The number of Topliss-reactive ketones (excluding diaryl/α,β-unsaturated/α-hetero) is 1. The van der Waals surface area contributed by atoms with E-state index in [1.807, 2.05) is 6.92 Å². The third-order valence-electron chi connectivity index (χ3n) is 3.68. The van der Waals surface area contributed by atoms with Crippen LogP contribution in [0.3, 0.4) is 0 Å². The zero-order valence-electron chi connectivity index (χ0n) is 13.8. The summed E-state index contributed by atoms with van der Waals surface area (Å²) in [6.45, 7) is 2.45. The second kappa shape index (κ2) is 6.66. The van der Waals surface area contributed by atoms with E-state index in [2.05, 4.69) is 0 Å². The molecule has 0 unspecified atom stereocenters. The number of ether oxygens (including phenoxy) is 4. The van der Waals surface area contributed by atoms with Crippen LogP contribution in [-0.2, 0) is 0 Å². The van der Waals surface area contributed by atoms with E-state index < -0.39 is 0 Å². The second-order valence-corrected chi connectivity index (χ2v) is 5.14. The zero-order valence-corrected chi connectivity index (χ0v) is 13.8. The van der Waals surface area contributed by atoms with Gasteiger partial charge in [-0.3, -0.25) is 4.79 Å². The molecule has 5 heteroatoms. The molecular weight excluding hydrogens is 308 g/mol. The van der Waals surface area contributed by atoms with Gasteiger partial charge in [-0.15, -0.1) is 0 Å². The maximum absolute atomic E-state index is 12.5. The van der Waals surface area contributed by atoms with Crippen LogP contribution in [0.15, 0.2) is 42.2 Å². The van der Waals surface area contributed by atoms with Crippen LogP contribution < -0.4 is 18.9 Å². The van der Waals surface area contributed by atoms with Gasteiger partial charge in [-0.05, 0) is 43.3 Å². The third-order valence-corrected chi connectivity index (χ3v) is 3.68. The van der Waals surface area contributed by atoms with E-state index in [9.17, 15) is 4.79 Å². The molecule has 2 aromatic carbocycles. The molecule has 0 amide bonds. The van der Waals surface area contributed by atoms with Crippen LogP contribution in [0.25, 0.3) is 6.08 Å². The molecule has 1 aliphatic heterocycles. The average molecular weight is 326 g/mol. The Morgan fingerprint density at radius 1 is 1.04 bits per heavy atom. The second-order valence-electron chi connectivity index (χ2n) is 5.14. The fourth-order valence-electron chi connectivity index (χ4n) is 2.52. The average Bonchev–Trinajstić information content (AvgIpc) is 2.90. The summed E-state index contributed by atoms with van der Waals surface area (Å²) in [4.78, 5) is 12.5. The minimum Gasteiger partial charge on any atom is -0.497 e. The van der Waals surface area contributed by atoms with Gasteiger partial charge < -0.3 is 18.9 Å². The first-order valence-corrected chi connectivity index (χ1v) is 7.59. The number of benzene rings is 2. The first kappa shape index (κ1) is 15.9. The number of rotatable bonds is 5. The minimum absolute atomic E-state index is 0.169. The highest BCUT2D eigenvalue weighted by Gasteiger charge is 2.28. The lowest BCUT2D eigenvalue weighted by Crippen LogP contribution is -1.99. The Kier molecular flexibility index (Phi) is 4.42. The third kappa shape index (κ3) is 2.93. The monoisotopic (exact) mass is 326 g/mol. The smallest absolute Gasteiger partial charge is 0.231 e. The first-order valence-electron chi connectivity index (χ1n) is 7.59. The number of hydrogen-bond acceptors (Lipinski definition) is 5. The normalized spacial score (nSPS) is 14.3. The van der Waals surface area contributed by atoms with E-state index in [0.29, 0.717) is 40.7 Å². The van der Waals surface area contributed by atoms with Gasteiger partial charge in [0.1, 0.15) is 23.0 Å². The first-order chi connectivity index (χ1) is 11.7. The number of ketones is 1. The maximum Gasteiger partial charge on any atom is 0.231 e. The number of fused-ring (bicyclic) bond motifs is 1. The molecule has 0 aliphatic carbocycles. The molecule has 1 heterocycles. The fourth-order valence-corrected chi connectivity index (χ4v) is 2.52. The Hall–Kier alpha value is -2.95. The van der Waals surface area contributed by atoms with Gasteiger partial charge in [-0.25, -0.2) is 0 Å². The molecule has 0 saturated carbocycles. The molecule has 0 saturated heterocycles. The molecule has 0 N–H and O–H groups in total. The van der Waals surface area contributed by atoms with Gasteiger partial charge in [0.25, 0.3) is 0 Å². The van der Waals surface area contributed by atoms with E-state index in [0.717, 1.165) is 0 Å². The summed E-state index contributed by atoms with van der Waals surface area (Å²) in [5.41, 5.74) is 1.23. The number of allylic oxidation sites excluding steroid dienone is 1. The van der Waals surface area contributed by atoms with Crippen molar-refractivity contribution in [3.05, 3.63) is 53.3 Å². The van der Waals surface area contributed by atoms with Crippen molar-refractivity contribution < 1.29 is 23.7 Å². The molecule has 124 valence electrons. The predicted molar refractivity (Wildman–Crippen MR) is 90.1 cm³/mol. The van der Waals surface area contributed by atoms with Crippen molar-refractivity contribution in [1.29, 1.82) is 0 Å². The van der Waals surface area contributed by atoms with E-state index in [4.69, 9.17) is 18.9 Å². The summed E-state index contributed by atoms with van der Waals surface area (Å²) in [6.07, 6.45) is 1.66.